The molecule has 228 valence electrons. The molecule has 4 nitrogen and oxygen atoms in total. The van der Waals surface area contributed by atoms with Gasteiger partial charge in [-0.2, -0.15) is 13.2 Å². The Hall–Kier alpha value is -3.88. The smallest absolute Gasteiger partial charge is 0.408 e. The van der Waals surface area contributed by atoms with Crippen LogP contribution in [0.3, 0.4) is 0 Å². The lowest BCUT2D eigenvalue weighted by atomic mass is 9.89. The van der Waals surface area contributed by atoms with Crippen molar-refractivity contribution in [3.05, 3.63) is 137 Å². The van der Waals surface area contributed by atoms with Gasteiger partial charge in [0.05, 0.1) is 13.0 Å². The van der Waals surface area contributed by atoms with Gasteiger partial charge < -0.3 is 9.84 Å². The molecule has 2 atom stereocenters. The number of carbonyl (C=O) groups is 1. The first-order valence-corrected chi connectivity index (χ1v) is 13.7. The molecule has 0 saturated carbocycles. The maximum atomic E-state index is 15.0. The quantitative estimate of drug-likeness (QED) is 0.153. The average Bonchev–Trinajstić information content (AvgIpc) is 2.96. The molecule has 9 heteroatoms. The lowest BCUT2D eigenvalue weighted by molar-refractivity contribution is -0.193. The van der Waals surface area contributed by atoms with Crippen LogP contribution in [0.5, 0.6) is 5.75 Å². The Labute approximate surface area is 255 Å². The Kier molecular flexibility index (Phi) is 12.2. The zero-order chi connectivity index (χ0) is 30.1. The number of rotatable bonds is 13. The van der Waals surface area contributed by atoms with E-state index in [2.05, 4.69) is 0 Å². The summed E-state index contributed by atoms with van der Waals surface area (Å²) in [6, 6.07) is 27.5. The minimum Gasteiger partial charge on any atom is -0.494 e. The summed E-state index contributed by atoms with van der Waals surface area (Å²) < 4.78 is 65.5. The van der Waals surface area contributed by atoms with Crippen molar-refractivity contribution in [2.45, 2.75) is 43.9 Å². The normalized spacial score (nSPS) is 12.9. The first-order valence-electron chi connectivity index (χ1n) is 13.7. The van der Waals surface area contributed by atoms with Gasteiger partial charge in [-0.25, -0.2) is 4.39 Å². The summed E-state index contributed by atoms with van der Waals surface area (Å²) in [5.74, 6) is -1.88. The van der Waals surface area contributed by atoms with E-state index in [0.717, 1.165) is 17.2 Å². The van der Waals surface area contributed by atoms with Crippen LogP contribution in [0.4, 0.5) is 17.6 Å². The summed E-state index contributed by atoms with van der Waals surface area (Å²) in [5, 5.41) is 9.07. The van der Waals surface area contributed by atoms with Crippen LogP contribution >= 0.6 is 12.4 Å². The van der Waals surface area contributed by atoms with Crippen LogP contribution < -0.4 is 4.74 Å². The molecule has 0 heterocycles. The van der Waals surface area contributed by atoms with Gasteiger partial charge in [-0.05, 0) is 48.2 Å². The molecular weight excluding hydrogens is 582 g/mol. The van der Waals surface area contributed by atoms with Crippen LogP contribution in [0.25, 0.3) is 0 Å². The molecule has 2 unspecified atom stereocenters. The highest BCUT2D eigenvalue weighted by Crippen LogP contribution is 2.42. The topological polar surface area (TPSA) is 49.8 Å². The van der Waals surface area contributed by atoms with Gasteiger partial charge in [0, 0.05) is 24.1 Å². The van der Waals surface area contributed by atoms with E-state index < -0.39 is 41.5 Å². The Balaban J connectivity index is 0.00000506. The van der Waals surface area contributed by atoms with Crippen molar-refractivity contribution in [3.8, 4) is 5.75 Å². The fraction of sp³-hybridized carbons (Fsp3) is 0.265. The van der Waals surface area contributed by atoms with E-state index in [0.29, 0.717) is 11.3 Å². The van der Waals surface area contributed by atoms with Crippen molar-refractivity contribution in [1.29, 1.82) is 0 Å². The first kappa shape index (κ1) is 33.6. The number of halogens is 5. The van der Waals surface area contributed by atoms with E-state index in [4.69, 9.17) is 9.84 Å². The van der Waals surface area contributed by atoms with Crippen LogP contribution in [0.15, 0.2) is 109 Å². The minimum absolute atomic E-state index is 0. The summed E-state index contributed by atoms with van der Waals surface area (Å²) >= 11 is 0. The van der Waals surface area contributed by atoms with Gasteiger partial charge in [0.2, 0.25) is 0 Å². The third kappa shape index (κ3) is 9.30. The van der Waals surface area contributed by atoms with Crippen molar-refractivity contribution in [2.24, 2.45) is 0 Å². The number of hydrogen-bond acceptors (Lipinski definition) is 3. The standard InChI is InChI=1S/C34H33F4NO3.ClH/c1-24(19-20-42-28-16-10-11-25(21-28)22-32(40)41)39(33(34(36,37)38)29-17-8-9-18-31(29)35)23-30(26-12-4-2-5-13-26)27-14-6-3-7-15-27;/h2-18,21,24,30,33H,19-20,22-23H2,1H3,(H,40,41);1H. The zero-order valence-electron chi connectivity index (χ0n) is 23.6. The van der Waals surface area contributed by atoms with E-state index in [1.54, 1.807) is 31.2 Å². The Morgan fingerprint density at radius 3 is 2.00 bits per heavy atom. The van der Waals surface area contributed by atoms with E-state index in [-0.39, 0.29) is 38.4 Å². The van der Waals surface area contributed by atoms with E-state index in [1.807, 2.05) is 60.7 Å². The number of ether oxygens (including phenoxy) is 1. The number of benzene rings is 4. The third-order valence-electron chi connectivity index (χ3n) is 7.26. The zero-order valence-corrected chi connectivity index (χ0v) is 24.4. The molecule has 43 heavy (non-hydrogen) atoms. The fourth-order valence-corrected chi connectivity index (χ4v) is 5.20. The first-order chi connectivity index (χ1) is 20.1. The maximum Gasteiger partial charge on any atom is 0.408 e. The van der Waals surface area contributed by atoms with Gasteiger partial charge in [-0.15, -0.1) is 12.4 Å². The summed E-state index contributed by atoms with van der Waals surface area (Å²) in [4.78, 5) is 12.4. The lowest BCUT2D eigenvalue weighted by Gasteiger charge is -2.40. The summed E-state index contributed by atoms with van der Waals surface area (Å²) in [5.41, 5.74) is 1.82. The number of nitrogens with zero attached hydrogens (tertiary/aromatic N) is 1. The van der Waals surface area contributed by atoms with Crippen LogP contribution in [0.2, 0.25) is 0 Å². The highest BCUT2D eigenvalue weighted by molar-refractivity contribution is 5.85. The van der Waals surface area contributed by atoms with E-state index in [1.165, 1.54) is 23.1 Å². The Morgan fingerprint density at radius 2 is 1.44 bits per heavy atom. The second-order valence-corrected chi connectivity index (χ2v) is 10.2. The number of aliphatic carboxylic acids is 1. The molecule has 4 aromatic rings. The van der Waals surface area contributed by atoms with Gasteiger partial charge in [-0.1, -0.05) is 91.0 Å². The molecule has 0 aromatic heterocycles. The van der Waals surface area contributed by atoms with E-state index in [9.17, 15) is 22.4 Å². The second-order valence-electron chi connectivity index (χ2n) is 10.2. The number of carboxylic acids is 1. The van der Waals surface area contributed by atoms with Crippen molar-refractivity contribution in [2.75, 3.05) is 13.2 Å². The lowest BCUT2D eigenvalue weighted by Crippen LogP contribution is -2.46. The molecule has 4 rings (SSSR count). The molecule has 0 saturated heterocycles. The summed E-state index contributed by atoms with van der Waals surface area (Å²) in [6.45, 7) is 1.75. The van der Waals surface area contributed by atoms with Crippen LogP contribution in [0, 0.1) is 5.82 Å². The SMILES string of the molecule is CC(CCOc1cccc(CC(=O)O)c1)N(CC(c1ccccc1)c1ccccc1)C(c1ccccc1F)C(F)(F)F.Cl. The third-order valence-corrected chi connectivity index (χ3v) is 7.26. The predicted molar refractivity (Wildman–Crippen MR) is 161 cm³/mol. The molecule has 0 fully saturated rings. The monoisotopic (exact) mass is 615 g/mol. The maximum absolute atomic E-state index is 15.0. The van der Waals surface area contributed by atoms with Crippen LogP contribution in [-0.2, 0) is 11.2 Å². The van der Waals surface area contributed by atoms with Crippen LogP contribution in [-0.4, -0.2) is 41.3 Å². The van der Waals surface area contributed by atoms with Crippen molar-refractivity contribution in [3.63, 3.8) is 0 Å². The molecule has 0 aliphatic carbocycles. The number of alkyl halides is 3. The second kappa shape index (κ2) is 15.5. The molecule has 1 N–H and O–H groups in total. The van der Waals surface area contributed by atoms with Gasteiger partial charge in [-0.3, -0.25) is 9.69 Å². The minimum atomic E-state index is -4.76. The summed E-state index contributed by atoms with van der Waals surface area (Å²) in [6.07, 6.45) is -4.72. The van der Waals surface area contributed by atoms with Gasteiger partial charge in [0.25, 0.3) is 0 Å². The molecule has 0 aliphatic rings. The number of hydrogen-bond donors (Lipinski definition) is 1. The van der Waals surface area contributed by atoms with Crippen molar-refractivity contribution in [1.82, 2.24) is 4.90 Å². The Bertz CT molecular complexity index is 1400. The fourth-order valence-electron chi connectivity index (χ4n) is 5.20. The van der Waals surface area contributed by atoms with Gasteiger partial charge >= 0.3 is 12.1 Å². The van der Waals surface area contributed by atoms with Gasteiger partial charge in [0.1, 0.15) is 17.6 Å². The average molecular weight is 616 g/mol. The Morgan fingerprint density at radius 1 is 0.860 bits per heavy atom. The molecular formula is C34H34ClF4NO3. The molecule has 0 amide bonds. The van der Waals surface area contributed by atoms with Crippen molar-refractivity contribution >= 4 is 18.4 Å². The predicted octanol–water partition coefficient (Wildman–Crippen LogP) is 8.47. The molecule has 0 radical (unpaired) electrons. The van der Waals surface area contributed by atoms with E-state index >= 15 is 0 Å². The molecule has 0 bridgehead atoms. The number of carboxylic acid groups (broad SMARTS) is 1. The largest absolute Gasteiger partial charge is 0.494 e. The molecule has 4 aromatic carbocycles. The molecule has 0 aliphatic heterocycles. The van der Waals surface area contributed by atoms with Gasteiger partial charge in [0.15, 0.2) is 0 Å². The van der Waals surface area contributed by atoms with Crippen molar-refractivity contribution < 1.29 is 32.2 Å². The highest BCUT2D eigenvalue weighted by atomic mass is 35.5. The highest BCUT2D eigenvalue weighted by Gasteiger charge is 2.47. The molecule has 0 spiro atoms. The summed E-state index contributed by atoms with van der Waals surface area (Å²) in [7, 11) is 0. The van der Waals surface area contributed by atoms with Crippen LogP contribution in [0.1, 0.15) is 47.6 Å².